The molecule has 128 valence electrons. The highest BCUT2D eigenvalue weighted by atomic mass is 16.5. The first kappa shape index (κ1) is 15.3. The molecule has 1 aliphatic carbocycles. The van der Waals surface area contributed by atoms with E-state index >= 15 is 0 Å². The fourth-order valence-electron chi connectivity index (χ4n) is 3.02. The van der Waals surface area contributed by atoms with Gasteiger partial charge in [-0.1, -0.05) is 5.16 Å². The van der Waals surface area contributed by atoms with Crippen molar-refractivity contribution in [2.45, 2.75) is 58.2 Å². The van der Waals surface area contributed by atoms with E-state index in [1.165, 1.54) is 0 Å². The quantitative estimate of drug-likeness (QED) is 0.893. The van der Waals surface area contributed by atoms with Crippen LogP contribution >= 0.6 is 0 Å². The molecule has 1 unspecified atom stereocenters. The Hall–Kier alpha value is -2.22. The van der Waals surface area contributed by atoms with Crippen LogP contribution in [0.2, 0.25) is 0 Å². The number of carbonyl (C=O) groups excluding carboxylic acids is 1. The second kappa shape index (κ2) is 6.01. The van der Waals surface area contributed by atoms with Crippen LogP contribution in [0.1, 0.15) is 65.6 Å². The molecule has 3 heterocycles. The molecule has 2 aromatic rings. The van der Waals surface area contributed by atoms with Crippen LogP contribution in [0.5, 0.6) is 0 Å². The maximum absolute atomic E-state index is 12.0. The molecule has 2 aromatic heterocycles. The third kappa shape index (κ3) is 3.06. The van der Waals surface area contributed by atoms with Gasteiger partial charge in [0, 0.05) is 6.04 Å². The molecule has 8 nitrogen and oxygen atoms in total. The Balaban J connectivity index is 1.46. The largest absolute Gasteiger partial charge is 0.444 e. The summed E-state index contributed by atoms with van der Waals surface area (Å²) in [5.41, 5.74) is 0.914. The average molecular weight is 331 g/mol. The van der Waals surface area contributed by atoms with Gasteiger partial charge in [-0.3, -0.25) is 9.69 Å². The van der Waals surface area contributed by atoms with Crippen molar-refractivity contribution in [2.24, 2.45) is 0 Å². The molecule has 2 aliphatic rings. The van der Waals surface area contributed by atoms with Crippen LogP contribution in [-0.2, 0) is 6.54 Å². The van der Waals surface area contributed by atoms with Crippen LogP contribution in [0, 0.1) is 13.8 Å². The molecule has 2 fully saturated rings. The molecule has 0 spiro atoms. The number of nitrogens with one attached hydrogen (secondary N) is 1. The zero-order valence-corrected chi connectivity index (χ0v) is 13.9. The zero-order chi connectivity index (χ0) is 16.7. The molecule has 1 amide bonds. The Morgan fingerprint density at radius 1 is 1.29 bits per heavy atom. The number of nitrogens with zero attached hydrogens (tertiary/aromatic N) is 4. The maximum Gasteiger partial charge on any atom is 0.292 e. The summed E-state index contributed by atoms with van der Waals surface area (Å²) in [5, 5.41) is 6.71. The second-order valence-electron chi connectivity index (χ2n) is 6.58. The van der Waals surface area contributed by atoms with Gasteiger partial charge in [-0.2, -0.15) is 4.98 Å². The SMILES string of the molecule is Cc1nc(CN2CCCC2c2nc(C(=O)NC3CC3)no2)oc1C. The number of hydrogen-bond acceptors (Lipinski definition) is 7. The van der Waals surface area contributed by atoms with Crippen LogP contribution in [0.4, 0.5) is 0 Å². The van der Waals surface area contributed by atoms with Crippen LogP contribution in [-0.4, -0.2) is 38.5 Å². The standard InChI is InChI=1S/C16H21N5O3/c1-9-10(2)23-13(17-9)8-21-7-3-4-12(21)16-19-14(20-24-16)15(22)18-11-5-6-11/h11-12H,3-8H2,1-2H3,(H,18,22). The number of aromatic nitrogens is 3. The van der Waals surface area contributed by atoms with Gasteiger partial charge in [0.1, 0.15) is 5.76 Å². The summed E-state index contributed by atoms with van der Waals surface area (Å²) < 4.78 is 11.0. The Morgan fingerprint density at radius 2 is 2.12 bits per heavy atom. The minimum Gasteiger partial charge on any atom is -0.444 e. The maximum atomic E-state index is 12.0. The molecule has 1 saturated carbocycles. The first-order valence-corrected chi connectivity index (χ1v) is 8.41. The molecule has 0 aromatic carbocycles. The van der Waals surface area contributed by atoms with E-state index in [1.807, 2.05) is 13.8 Å². The number of carbonyl (C=O) groups is 1. The van der Waals surface area contributed by atoms with Gasteiger partial charge in [0.05, 0.1) is 18.3 Å². The Labute approximate surface area is 139 Å². The number of hydrogen-bond donors (Lipinski definition) is 1. The fraction of sp³-hybridized carbons (Fsp3) is 0.625. The van der Waals surface area contributed by atoms with Crippen molar-refractivity contribution >= 4 is 5.91 Å². The van der Waals surface area contributed by atoms with E-state index in [0.29, 0.717) is 18.3 Å². The number of rotatable bonds is 5. The lowest BCUT2D eigenvalue weighted by molar-refractivity contribution is 0.0937. The molecule has 1 N–H and O–H groups in total. The van der Waals surface area contributed by atoms with Crippen molar-refractivity contribution in [3.8, 4) is 0 Å². The minimum atomic E-state index is -0.254. The highest BCUT2D eigenvalue weighted by Crippen LogP contribution is 2.32. The van der Waals surface area contributed by atoms with Gasteiger partial charge >= 0.3 is 0 Å². The normalized spacial score (nSPS) is 21.3. The topological polar surface area (TPSA) is 97.3 Å². The summed E-state index contributed by atoms with van der Waals surface area (Å²) in [6.45, 7) is 5.37. The summed E-state index contributed by atoms with van der Waals surface area (Å²) >= 11 is 0. The van der Waals surface area contributed by atoms with Gasteiger partial charge in [0.2, 0.25) is 11.8 Å². The van der Waals surface area contributed by atoms with Crippen molar-refractivity contribution in [3.63, 3.8) is 0 Å². The van der Waals surface area contributed by atoms with E-state index < -0.39 is 0 Å². The molecule has 4 rings (SSSR count). The Bertz CT molecular complexity index is 729. The Morgan fingerprint density at radius 3 is 2.83 bits per heavy atom. The fourth-order valence-corrected chi connectivity index (χ4v) is 3.02. The lowest BCUT2D eigenvalue weighted by Crippen LogP contribution is -2.27. The summed E-state index contributed by atoms with van der Waals surface area (Å²) in [5.74, 6) is 1.90. The van der Waals surface area contributed by atoms with Crippen molar-refractivity contribution in [3.05, 3.63) is 29.1 Å². The molecule has 1 aliphatic heterocycles. The van der Waals surface area contributed by atoms with Crippen LogP contribution in [0.15, 0.2) is 8.94 Å². The first-order chi connectivity index (χ1) is 11.6. The van der Waals surface area contributed by atoms with E-state index in [4.69, 9.17) is 8.94 Å². The van der Waals surface area contributed by atoms with Crippen LogP contribution in [0.25, 0.3) is 0 Å². The molecule has 1 saturated heterocycles. The number of amides is 1. The van der Waals surface area contributed by atoms with Crippen molar-refractivity contribution in [2.75, 3.05) is 6.54 Å². The molecular weight excluding hydrogens is 310 g/mol. The van der Waals surface area contributed by atoms with Crippen molar-refractivity contribution in [1.82, 2.24) is 25.3 Å². The van der Waals surface area contributed by atoms with Gasteiger partial charge in [-0.05, 0) is 46.1 Å². The Kier molecular flexibility index (Phi) is 3.84. The van der Waals surface area contributed by atoms with Crippen LogP contribution in [0.3, 0.4) is 0 Å². The van der Waals surface area contributed by atoms with E-state index in [2.05, 4.69) is 25.3 Å². The van der Waals surface area contributed by atoms with E-state index in [1.54, 1.807) is 0 Å². The monoisotopic (exact) mass is 331 g/mol. The predicted molar refractivity (Wildman–Crippen MR) is 83.1 cm³/mol. The smallest absolute Gasteiger partial charge is 0.292 e. The van der Waals surface area contributed by atoms with E-state index in [0.717, 1.165) is 43.7 Å². The molecule has 0 bridgehead atoms. The van der Waals surface area contributed by atoms with Gasteiger partial charge in [-0.15, -0.1) is 0 Å². The molecule has 24 heavy (non-hydrogen) atoms. The highest BCUT2D eigenvalue weighted by Gasteiger charge is 2.33. The van der Waals surface area contributed by atoms with Crippen molar-refractivity contribution in [1.29, 1.82) is 0 Å². The molecule has 1 atom stereocenters. The average Bonchev–Trinajstić information content (AvgIpc) is 2.96. The third-order valence-corrected chi connectivity index (χ3v) is 4.62. The van der Waals surface area contributed by atoms with Crippen molar-refractivity contribution < 1.29 is 13.7 Å². The predicted octanol–water partition coefficient (Wildman–Crippen LogP) is 1.90. The minimum absolute atomic E-state index is 0.00693. The van der Waals surface area contributed by atoms with Gasteiger partial charge in [-0.25, -0.2) is 4.98 Å². The lowest BCUT2D eigenvalue weighted by Gasteiger charge is -2.19. The zero-order valence-electron chi connectivity index (χ0n) is 13.9. The van der Waals surface area contributed by atoms with E-state index in [-0.39, 0.29) is 23.8 Å². The summed E-state index contributed by atoms with van der Waals surface area (Å²) in [6, 6.07) is 0.284. The number of aryl methyl sites for hydroxylation is 2. The molecule has 8 heteroatoms. The highest BCUT2D eigenvalue weighted by molar-refractivity contribution is 5.90. The van der Waals surface area contributed by atoms with Gasteiger partial charge < -0.3 is 14.3 Å². The number of oxazole rings is 1. The number of likely N-dealkylation sites (tertiary alicyclic amines) is 1. The third-order valence-electron chi connectivity index (χ3n) is 4.62. The lowest BCUT2D eigenvalue weighted by atomic mass is 10.2. The van der Waals surface area contributed by atoms with E-state index in [9.17, 15) is 4.79 Å². The van der Waals surface area contributed by atoms with Crippen LogP contribution < -0.4 is 5.32 Å². The van der Waals surface area contributed by atoms with Gasteiger partial charge in [0.15, 0.2) is 0 Å². The summed E-state index contributed by atoms with van der Waals surface area (Å²) in [4.78, 5) is 23.0. The summed E-state index contributed by atoms with van der Waals surface area (Å²) in [7, 11) is 0. The molecular formula is C16H21N5O3. The second-order valence-corrected chi connectivity index (χ2v) is 6.58. The first-order valence-electron chi connectivity index (χ1n) is 8.41. The molecule has 0 radical (unpaired) electrons. The summed E-state index contributed by atoms with van der Waals surface area (Å²) in [6.07, 6.45) is 4.02. The van der Waals surface area contributed by atoms with Gasteiger partial charge in [0.25, 0.3) is 11.7 Å².